The number of nitrogens with one attached hydrogen (secondary N) is 1. The molecule has 5 heteroatoms. The van der Waals surface area contributed by atoms with E-state index in [1.165, 1.54) is 15.6 Å². The van der Waals surface area contributed by atoms with Gasteiger partial charge in [-0.2, -0.15) is 0 Å². The van der Waals surface area contributed by atoms with Crippen LogP contribution in [-0.2, 0) is 0 Å². The number of benzene rings is 9. The van der Waals surface area contributed by atoms with E-state index in [1.54, 1.807) is 17.6 Å². The van der Waals surface area contributed by atoms with Gasteiger partial charge >= 0.3 is 0 Å². The van der Waals surface area contributed by atoms with Crippen LogP contribution in [0, 0.1) is 5.41 Å². The summed E-state index contributed by atoms with van der Waals surface area (Å²) in [6, 6.07) is 49.8. The molecule has 4 nitrogen and oxygen atoms in total. The first-order chi connectivity index (χ1) is 29.7. The smallest absolute Gasteiger partial charge is 0.162 e. The highest BCUT2D eigenvalue weighted by molar-refractivity contribution is 7.25. The van der Waals surface area contributed by atoms with Crippen LogP contribution in [0.1, 0.15) is 23.5 Å². The third-order valence-corrected chi connectivity index (χ3v) is 11.7. The van der Waals surface area contributed by atoms with E-state index in [0.717, 1.165) is 70.6 Å². The third-order valence-electron chi connectivity index (χ3n) is 10.6. The first-order valence-corrected chi connectivity index (χ1v) is 19.1. The van der Waals surface area contributed by atoms with Gasteiger partial charge in [0.05, 0.1) is 23.9 Å². The Balaban J connectivity index is 1.12. The number of nitrogens with zero attached hydrogens (tertiary/aromatic N) is 3. The van der Waals surface area contributed by atoms with Gasteiger partial charge in [-0.1, -0.05) is 139 Å². The van der Waals surface area contributed by atoms with Crippen molar-refractivity contribution in [3.8, 4) is 11.1 Å². The highest BCUT2D eigenvalue weighted by Crippen LogP contribution is 2.53. The summed E-state index contributed by atoms with van der Waals surface area (Å²) in [6.45, 7) is 0. The van der Waals surface area contributed by atoms with Crippen molar-refractivity contribution in [3.63, 3.8) is 0 Å². The summed E-state index contributed by atoms with van der Waals surface area (Å²) in [4.78, 5) is 12.0. The minimum Gasteiger partial charge on any atom is -0.309 e. The molecule has 1 aliphatic heterocycles. The van der Waals surface area contributed by atoms with Crippen LogP contribution >= 0.6 is 11.3 Å². The third kappa shape index (κ3) is 5.24. The summed E-state index contributed by atoms with van der Waals surface area (Å²) < 4.78 is 44.3. The summed E-state index contributed by atoms with van der Waals surface area (Å²) in [5, 5.41) is 17.8. The van der Waals surface area contributed by atoms with Crippen LogP contribution in [0.15, 0.2) is 192 Å². The van der Waals surface area contributed by atoms with E-state index in [0.29, 0.717) is 5.56 Å². The van der Waals surface area contributed by atoms with Gasteiger partial charge < -0.3 is 4.90 Å². The Labute approximate surface area is 334 Å². The number of anilines is 3. The minimum absolute atomic E-state index is 0.161. The standard InChI is InChI=1S/C51H32N4S/c52-50(34-12-2-1-3-13-34)54-51(53-31-32-24-25-40-39-20-8-9-23-47(39)56-48(40)28-32)42-26-27-44(38-19-7-6-18-37(38)42)55-45-22-11-17-33-16-10-21-41(49(33)45)43-29-35-14-4-5-15-36(35)30-46(43)55/h1-31,52H/i1D,2D,3D,12D,13D. The maximum Gasteiger partial charge on any atom is 0.162 e. The monoisotopic (exact) mass is 737 g/mol. The Hall–Kier alpha value is -7.21. The number of hydrogen-bond donors (Lipinski definition) is 1. The molecule has 0 bridgehead atoms. The van der Waals surface area contributed by atoms with Crippen molar-refractivity contribution in [2.75, 3.05) is 4.90 Å². The Morgan fingerprint density at radius 1 is 0.571 bits per heavy atom. The molecule has 0 fully saturated rings. The molecule has 0 saturated carbocycles. The SMILES string of the molecule is [2H]c1c([2H])c([2H])c(C(=N)N=C(N=Cc2ccc3c(c2)sc2ccccc23)c2ccc(N3c4cc5ccccc5cc4-c4cccc5cccc3c45)c3ccccc23)c([2H])c1[2H]. The lowest BCUT2D eigenvalue weighted by Crippen LogP contribution is -2.16. The van der Waals surface area contributed by atoms with Crippen molar-refractivity contribution in [1.29, 1.82) is 5.41 Å². The summed E-state index contributed by atoms with van der Waals surface area (Å²) in [5.41, 5.74) is 6.50. The largest absolute Gasteiger partial charge is 0.309 e. The molecular weight excluding hydrogens is 701 g/mol. The van der Waals surface area contributed by atoms with Crippen LogP contribution in [0.5, 0.6) is 0 Å². The second-order valence-electron chi connectivity index (χ2n) is 13.8. The second-order valence-corrected chi connectivity index (χ2v) is 14.9. The molecule has 262 valence electrons. The van der Waals surface area contributed by atoms with Gasteiger partial charge in [-0.05, 0) is 75.1 Å². The summed E-state index contributed by atoms with van der Waals surface area (Å²) in [5.74, 6) is -0.328. The van der Waals surface area contributed by atoms with Crippen LogP contribution in [-0.4, -0.2) is 17.9 Å². The molecule has 0 aliphatic carbocycles. The fourth-order valence-corrected chi connectivity index (χ4v) is 9.23. The maximum atomic E-state index is 9.16. The summed E-state index contributed by atoms with van der Waals surface area (Å²) in [6.07, 6.45) is 1.71. The molecule has 1 aliphatic rings. The molecule has 10 aromatic rings. The Kier molecular flexibility index (Phi) is 6.35. The Bertz CT molecular complexity index is 3560. The van der Waals surface area contributed by atoms with Crippen molar-refractivity contribution in [2.45, 2.75) is 0 Å². The van der Waals surface area contributed by atoms with E-state index in [9.17, 15) is 0 Å². The van der Waals surface area contributed by atoms with Gasteiger partial charge in [0.15, 0.2) is 11.7 Å². The molecule has 9 aromatic carbocycles. The molecule has 2 heterocycles. The van der Waals surface area contributed by atoms with Gasteiger partial charge in [-0.15, -0.1) is 11.3 Å². The van der Waals surface area contributed by atoms with Gasteiger partial charge in [0, 0.05) is 53.8 Å². The lowest BCUT2D eigenvalue weighted by molar-refractivity contribution is 1.30. The number of amidine groups is 2. The molecule has 0 atom stereocenters. The lowest BCUT2D eigenvalue weighted by Gasteiger charge is -2.34. The lowest BCUT2D eigenvalue weighted by atomic mass is 9.88. The van der Waals surface area contributed by atoms with Crippen molar-refractivity contribution in [2.24, 2.45) is 9.98 Å². The molecule has 56 heavy (non-hydrogen) atoms. The average Bonchev–Trinajstić information content (AvgIpc) is 3.66. The number of rotatable bonds is 4. The fraction of sp³-hybridized carbons (Fsp3) is 0. The quantitative estimate of drug-likeness (QED) is 0.142. The molecule has 0 saturated heterocycles. The molecule has 0 spiro atoms. The maximum absolute atomic E-state index is 9.16. The highest BCUT2D eigenvalue weighted by Gasteiger charge is 2.28. The fourth-order valence-electron chi connectivity index (χ4n) is 8.07. The minimum atomic E-state index is -0.530. The summed E-state index contributed by atoms with van der Waals surface area (Å²) in [7, 11) is 0. The molecule has 0 radical (unpaired) electrons. The number of fused-ring (bicyclic) bond motifs is 7. The average molecular weight is 738 g/mol. The van der Waals surface area contributed by atoms with Gasteiger partial charge in [0.1, 0.15) is 0 Å². The van der Waals surface area contributed by atoms with Gasteiger partial charge in [-0.3, -0.25) is 5.41 Å². The number of hydrogen-bond acceptors (Lipinski definition) is 3. The van der Waals surface area contributed by atoms with Crippen LogP contribution in [0.25, 0.3) is 63.6 Å². The Morgan fingerprint density at radius 3 is 2.14 bits per heavy atom. The van der Waals surface area contributed by atoms with E-state index in [-0.39, 0.29) is 11.4 Å². The molecule has 0 unspecified atom stereocenters. The molecule has 11 rings (SSSR count). The van der Waals surface area contributed by atoms with Crippen molar-refractivity contribution in [1.82, 2.24) is 0 Å². The van der Waals surface area contributed by atoms with Gasteiger partial charge in [0.25, 0.3) is 0 Å². The van der Waals surface area contributed by atoms with E-state index in [1.807, 2.05) is 42.5 Å². The highest BCUT2D eigenvalue weighted by atomic mass is 32.1. The van der Waals surface area contributed by atoms with Gasteiger partial charge in [0.2, 0.25) is 0 Å². The molecule has 1 N–H and O–H groups in total. The predicted octanol–water partition coefficient (Wildman–Crippen LogP) is 13.9. The van der Waals surface area contributed by atoms with Crippen molar-refractivity contribution < 1.29 is 6.85 Å². The van der Waals surface area contributed by atoms with Crippen molar-refractivity contribution >= 4 is 98.8 Å². The number of thiophene rings is 1. The van der Waals surface area contributed by atoms with Crippen LogP contribution in [0.2, 0.25) is 0 Å². The van der Waals surface area contributed by atoms with Crippen LogP contribution in [0.3, 0.4) is 0 Å². The second kappa shape index (κ2) is 13.0. The Morgan fingerprint density at radius 2 is 1.29 bits per heavy atom. The topological polar surface area (TPSA) is 51.8 Å². The normalized spacial score (nSPS) is 14.0. The molecule has 1 aromatic heterocycles. The molecular formula is C51H32N4S. The zero-order valence-electron chi connectivity index (χ0n) is 34.8. The summed E-state index contributed by atoms with van der Waals surface area (Å²) >= 11 is 1.70. The zero-order chi connectivity index (χ0) is 41.5. The van der Waals surface area contributed by atoms with E-state index >= 15 is 0 Å². The van der Waals surface area contributed by atoms with Crippen LogP contribution < -0.4 is 4.90 Å². The molecule has 0 amide bonds. The van der Waals surface area contributed by atoms with E-state index in [2.05, 4.69) is 114 Å². The first kappa shape index (κ1) is 27.4. The van der Waals surface area contributed by atoms with Gasteiger partial charge in [-0.25, -0.2) is 9.98 Å². The van der Waals surface area contributed by atoms with Crippen LogP contribution in [0.4, 0.5) is 17.1 Å². The van der Waals surface area contributed by atoms with E-state index < -0.39 is 36.0 Å². The van der Waals surface area contributed by atoms with E-state index in [4.69, 9.17) is 22.2 Å². The zero-order valence-corrected chi connectivity index (χ0v) is 30.6. The first-order valence-electron chi connectivity index (χ1n) is 20.8. The predicted molar refractivity (Wildman–Crippen MR) is 239 cm³/mol. The number of aliphatic imine (C=N–C) groups is 2. The van der Waals surface area contributed by atoms with Crippen molar-refractivity contribution in [3.05, 3.63) is 199 Å².